The van der Waals surface area contributed by atoms with E-state index in [2.05, 4.69) is 13.8 Å². The van der Waals surface area contributed by atoms with Gasteiger partial charge in [-0.15, -0.1) is 0 Å². The van der Waals surface area contributed by atoms with Crippen molar-refractivity contribution < 1.29 is 19.4 Å². The van der Waals surface area contributed by atoms with E-state index in [-0.39, 0.29) is 5.91 Å². The van der Waals surface area contributed by atoms with Crippen molar-refractivity contribution >= 4 is 11.9 Å². The van der Waals surface area contributed by atoms with Crippen molar-refractivity contribution in [2.24, 2.45) is 5.92 Å². The number of nitrogens with zero attached hydrogens (tertiary/aromatic N) is 1. The molecule has 5 nitrogen and oxygen atoms in total. The van der Waals surface area contributed by atoms with Crippen LogP contribution in [0, 0.1) is 5.92 Å². The predicted molar refractivity (Wildman–Crippen MR) is 67.2 cm³/mol. The molecule has 1 unspecified atom stereocenters. The quantitative estimate of drug-likeness (QED) is 0.783. The molecule has 104 valence electrons. The number of amides is 1. The van der Waals surface area contributed by atoms with Gasteiger partial charge in [-0.1, -0.05) is 20.3 Å². The number of hydrogen-bond donors (Lipinski definition) is 1. The van der Waals surface area contributed by atoms with Crippen molar-refractivity contribution in [3.8, 4) is 0 Å². The van der Waals surface area contributed by atoms with Crippen LogP contribution in [0.2, 0.25) is 0 Å². The van der Waals surface area contributed by atoms with Crippen LogP contribution in [-0.2, 0) is 14.3 Å². The van der Waals surface area contributed by atoms with E-state index in [4.69, 9.17) is 9.84 Å². The first-order chi connectivity index (χ1) is 8.49. The molecule has 0 aromatic rings. The van der Waals surface area contributed by atoms with Crippen LogP contribution in [0.4, 0.5) is 0 Å². The standard InChI is InChI=1S/C13H23NO4/c1-4-9(3)8-14(5-2)12(15)10-6-7-11(18-10)13(16)17/h9-11H,4-8H2,1-3H3,(H,16,17)/t9?,10-,11+/m0/s1. The minimum Gasteiger partial charge on any atom is -0.479 e. The predicted octanol–water partition coefficient (Wildman–Crippen LogP) is 1.51. The number of likely N-dealkylation sites (N-methyl/N-ethyl adjacent to an activating group) is 1. The average molecular weight is 257 g/mol. The zero-order valence-electron chi connectivity index (χ0n) is 11.4. The van der Waals surface area contributed by atoms with Gasteiger partial charge in [0.15, 0.2) is 6.10 Å². The van der Waals surface area contributed by atoms with E-state index >= 15 is 0 Å². The second kappa shape index (κ2) is 6.73. The van der Waals surface area contributed by atoms with E-state index in [0.29, 0.717) is 31.8 Å². The molecule has 0 aliphatic carbocycles. The molecular formula is C13H23NO4. The third-order valence-corrected chi connectivity index (χ3v) is 3.49. The van der Waals surface area contributed by atoms with E-state index in [1.54, 1.807) is 4.90 Å². The first kappa shape index (κ1) is 15.0. The van der Waals surface area contributed by atoms with Crippen LogP contribution >= 0.6 is 0 Å². The lowest BCUT2D eigenvalue weighted by Crippen LogP contribution is -2.41. The molecule has 1 N–H and O–H groups in total. The van der Waals surface area contributed by atoms with Crippen LogP contribution in [0.25, 0.3) is 0 Å². The van der Waals surface area contributed by atoms with Crippen molar-refractivity contribution in [2.45, 2.75) is 52.2 Å². The molecule has 1 amide bonds. The largest absolute Gasteiger partial charge is 0.479 e. The zero-order chi connectivity index (χ0) is 13.7. The summed E-state index contributed by atoms with van der Waals surface area (Å²) in [5.74, 6) is -0.595. The highest BCUT2D eigenvalue weighted by Gasteiger charge is 2.36. The molecule has 1 aliphatic heterocycles. The summed E-state index contributed by atoms with van der Waals surface area (Å²) in [7, 11) is 0. The fourth-order valence-electron chi connectivity index (χ4n) is 2.08. The summed E-state index contributed by atoms with van der Waals surface area (Å²) in [6, 6.07) is 0. The Bertz CT molecular complexity index is 305. The number of carboxylic acid groups (broad SMARTS) is 1. The number of aliphatic carboxylic acids is 1. The van der Waals surface area contributed by atoms with Crippen molar-refractivity contribution in [2.75, 3.05) is 13.1 Å². The second-order valence-corrected chi connectivity index (χ2v) is 4.92. The van der Waals surface area contributed by atoms with Gasteiger partial charge in [-0.25, -0.2) is 4.79 Å². The van der Waals surface area contributed by atoms with Crippen LogP contribution in [-0.4, -0.2) is 47.2 Å². The number of carbonyl (C=O) groups is 2. The van der Waals surface area contributed by atoms with E-state index in [1.807, 2.05) is 6.92 Å². The van der Waals surface area contributed by atoms with Crippen LogP contribution in [0.3, 0.4) is 0 Å². The third-order valence-electron chi connectivity index (χ3n) is 3.49. The van der Waals surface area contributed by atoms with Crippen LogP contribution in [0.1, 0.15) is 40.0 Å². The monoisotopic (exact) mass is 257 g/mol. The van der Waals surface area contributed by atoms with Crippen molar-refractivity contribution in [1.82, 2.24) is 4.90 Å². The minimum atomic E-state index is -0.977. The highest BCUT2D eigenvalue weighted by molar-refractivity contribution is 5.82. The molecule has 0 aromatic carbocycles. The Balaban J connectivity index is 2.54. The zero-order valence-corrected chi connectivity index (χ0v) is 11.4. The molecule has 18 heavy (non-hydrogen) atoms. The fourth-order valence-corrected chi connectivity index (χ4v) is 2.08. The molecular weight excluding hydrogens is 234 g/mol. The minimum absolute atomic E-state index is 0.0680. The van der Waals surface area contributed by atoms with Gasteiger partial charge < -0.3 is 14.7 Å². The summed E-state index contributed by atoms with van der Waals surface area (Å²) in [5, 5.41) is 8.84. The van der Waals surface area contributed by atoms with E-state index in [0.717, 1.165) is 6.42 Å². The molecule has 0 aromatic heterocycles. The molecule has 0 radical (unpaired) electrons. The Labute approximate surface area is 108 Å². The summed E-state index contributed by atoms with van der Waals surface area (Å²) in [6.45, 7) is 7.48. The van der Waals surface area contributed by atoms with Crippen molar-refractivity contribution in [1.29, 1.82) is 0 Å². The Kier molecular flexibility index (Phi) is 5.59. The average Bonchev–Trinajstić information content (AvgIpc) is 2.84. The number of carboxylic acids is 1. The first-order valence-corrected chi connectivity index (χ1v) is 6.66. The number of hydrogen-bond acceptors (Lipinski definition) is 3. The smallest absolute Gasteiger partial charge is 0.332 e. The van der Waals surface area contributed by atoms with Gasteiger partial charge in [0.05, 0.1) is 0 Å². The molecule has 1 saturated heterocycles. The van der Waals surface area contributed by atoms with E-state index in [1.165, 1.54) is 0 Å². The highest BCUT2D eigenvalue weighted by Crippen LogP contribution is 2.22. The molecule has 0 bridgehead atoms. The van der Waals surface area contributed by atoms with Gasteiger partial charge in [0, 0.05) is 13.1 Å². The van der Waals surface area contributed by atoms with Gasteiger partial charge in [-0.3, -0.25) is 4.79 Å². The molecule has 5 heteroatoms. The Hall–Kier alpha value is -1.10. The van der Waals surface area contributed by atoms with E-state index in [9.17, 15) is 9.59 Å². The molecule has 0 spiro atoms. The lowest BCUT2D eigenvalue weighted by molar-refractivity contribution is -0.154. The summed E-state index contributed by atoms with van der Waals surface area (Å²) in [5.41, 5.74) is 0. The summed E-state index contributed by atoms with van der Waals surface area (Å²) >= 11 is 0. The Morgan fingerprint density at radius 2 is 1.94 bits per heavy atom. The van der Waals surface area contributed by atoms with Gasteiger partial charge >= 0.3 is 5.97 Å². The van der Waals surface area contributed by atoms with Crippen LogP contribution in [0.5, 0.6) is 0 Å². The Morgan fingerprint density at radius 1 is 1.33 bits per heavy atom. The lowest BCUT2D eigenvalue weighted by atomic mass is 10.1. The maximum atomic E-state index is 12.2. The van der Waals surface area contributed by atoms with E-state index < -0.39 is 18.2 Å². The summed E-state index contributed by atoms with van der Waals surface area (Å²) in [4.78, 5) is 24.8. The van der Waals surface area contributed by atoms with Gasteiger partial charge in [-0.05, 0) is 25.7 Å². The molecule has 1 fully saturated rings. The Morgan fingerprint density at radius 3 is 2.39 bits per heavy atom. The van der Waals surface area contributed by atoms with Gasteiger partial charge in [0.25, 0.3) is 5.91 Å². The van der Waals surface area contributed by atoms with Gasteiger partial charge in [-0.2, -0.15) is 0 Å². The number of carbonyl (C=O) groups excluding carboxylic acids is 1. The molecule has 1 rings (SSSR count). The van der Waals surface area contributed by atoms with Gasteiger partial charge in [0.2, 0.25) is 0 Å². The molecule has 3 atom stereocenters. The van der Waals surface area contributed by atoms with Gasteiger partial charge in [0.1, 0.15) is 6.10 Å². The lowest BCUT2D eigenvalue weighted by Gasteiger charge is -2.26. The van der Waals surface area contributed by atoms with Crippen LogP contribution in [0.15, 0.2) is 0 Å². The normalized spacial score (nSPS) is 24.8. The second-order valence-electron chi connectivity index (χ2n) is 4.92. The molecule has 1 heterocycles. The highest BCUT2D eigenvalue weighted by atomic mass is 16.5. The number of ether oxygens (including phenoxy) is 1. The fraction of sp³-hybridized carbons (Fsp3) is 0.846. The maximum Gasteiger partial charge on any atom is 0.332 e. The van der Waals surface area contributed by atoms with Crippen molar-refractivity contribution in [3.05, 3.63) is 0 Å². The van der Waals surface area contributed by atoms with Crippen LogP contribution < -0.4 is 0 Å². The third kappa shape index (κ3) is 3.70. The SMILES string of the molecule is CCC(C)CN(CC)C(=O)[C@@H]1CC[C@H](C(=O)O)O1. The maximum absolute atomic E-state index is 12.2. The molecule has 1 aliphatic rings. The first-order valence-electron chi connectivity index (χ1n) is 6.66. The summed E-state index contributed by atoms with van der Waals surface area (Å²) in [6.07, 6.45) is 0.559. The topological polar surface area (TPSA) is 66.8 Å². The summed E-state index contributed by atoms with van der Waals surface area (Å²) < 4.78 is 5.29. The van der Waals surface area contributed by atoms with Crippen molar-refractivity contribution in [3.63, 3.8) is 0 Å². The molecule has 0 saturated carbocycles. The number of rotatable bonds is 6.